The summed E-state index contributed by atoms with van der Waals surface area (Å²) in [6.45, 7) is 5.59. The van der Waals surface area contributed by atoms with E-state index in [4.69, 9.17) is 4.74 Å². The number of hydrogen-bond donors (Lipinski definition) is 1. The molecule has 0 aromatic heterocycles. The molecule has 3 atom stereocenters. The Morgan fingerprint density at radius 3 is 2.26 bits per heavy atom. The zero-order valence-electron chi connectivity index (χ0n) is 11.3. The smallest absolute Gasteiger partial charge is 0.311 e. The number of rotatable bonds is 2. The van der Waals surface area contributed by atoms with Gasteiger partial charge in [0.25, 0.3) is 0 Å². The number of ether oxygens (including phenoxy) is 1. The lowest BCUT2D eigenvalue weighted by atomic mass is 9.72. The highest BCUT2D eigenvalue weighted by Crippen LogP contribution is 2.47. The molecule has 0 saturated carbocycles. The van der Waals surface area contributed by atoms with E-state index < -0.39 is 35.3 Å². The molecule has 2 rings (SSSR count). The summed E-state index contributed by atoms with van der Waals surface area (Å²) in [4.78, 5) is 23.6. The second-order valence-electron chi connectivity index (χ2n) is 5.98. The van der Waals surface area contributed by atoms with Gasteiger partial charge in [0.05, 0.1) is 5.92 Å². The standard InChI is InChI=1S/C15H18O4/c1-15(2,3)11-10(13(16)17)12(19-14(11)18)9-7-5-4-6-8-9/h4-8,10-12H,1-3H3,(H,16,17)/t10-,11+,12+/m1/s1. The molecular formula is C15H18O4. The zero-order valence-corrected chi connectivity index (χ0v) is 11.3. The fourth-order valence-corrected chi connectivity index (χ4v) is 2.68. The molecule has 1 saturated heterocycles. The summed E-state index contributed by atoms with van der Waals surface area (Å²) in [5.74, 6) is -2.88. The first kappa shape index (κ1) is 13.6. The van der Waals surface area contributed by atoms with E-state index in [1.165, 1.54) is 0 Å². The van der Waals surface area contributed by atoms with Crippen LogP contribution in [0.4, 0.5) is 0 Å². The predicted octanol–water partition coefficient (Wildman–Crippen LogP) is 2.65. The van der Waals surface area contributed by atoms with Crippen molar-refractivity contribution in [2.75, 3.05) is 0 Å². The molecule has 1 aromatic carbocycles. The molecule has 0 radical (unpaired) electrons. The lowest BCUT2D eigenvalue weighted by Gasteiger charge is -2.27. The van der Waals surface area contributed by atoms with Crippen molar-refractivity contribution in [2.45, 2.75) is 26.9 Å². The van der Waals surface area contributed by atoms with Crippen molar-refractivity contribution in [3.05, 3.63) is 35.9 Å². The Hall–Kier alpha value is -1.84. The highest BCUT2D eigenvalue weighted by Gasteiger charge is 2.54. The minimum Gasteiger partial charge on any atom is -0.481 e. The Kier molecular flexibility index (Phi) is 3.35. The monoisotopic (exact) mass is 262 g/mol. The van der Waals surface area contributed by atoms with Gasteiger partial charge in [-0.2, -0.15) is 0 Å². The third-order valence-electron chi connectivity index (χ3n) is 3.53. The Balaban J connectivity index is 2.42. The summed E-state index contributed by atoms with van der Waals surface area (Å²) >= 11 is 0. The summed E-state index contributed by atoms with van der Waals surface area (Å²) in [6.07, 6.45) is -0.699. The summed E-state index contributed by atoms with van der Waals surface area (Å²) in [5, 5.41) is 9.46. The van der Waals surface area contributed by atoms with Crippen LogP contribution in [0.5, 0.6) is 0 Å². The van der Waals surface area contributed by atoms with Crippen molar-refractivity contribution in [1.82, 2.24) is 0 Å². The van der Waals surface area contributed by atoms with Gasteiger partial charge in [-0.1, -0.05) is 51.1 Å². The van der Waals surface area contributed by atoms with Gasteiger partial charge in [-0.3, -0.25) is 9.59 Å². The van der Waals surface area contributed by atoms with E-state index in [0.717, 1.165) is 5.56 Å². The molecule has 4 heteroatoms. The van der Waals surface area contributed by atoms with Gasteiger partial charge < -0.3 is 9.84 Å². The van der Waals surface area contributed by atoms with E-state index in [9.17, 15) is 14.7 Å². The number of aliphatic carboxylic acids is 1. The molecule has 4 nitrogen and oxygen atoms in total. The van der Waals surface area contributed by atoms with Gasteiger partial charge in [-0.15, -0.1) is 0 Å². The zero-order chi connectivity index (χ0) is 14.2. The van der Waals surface area contributed by atoms with Crippen molar-refractivity contribution >= 4 is 11.9 Å². The van der Waals surface area contributed by atoms with Crippen LogP contribution in [0.3, 0.4) is 0 Å². The predicted molar refractivity (Wildman–Crippen MR) is 69.3 cm³/mol. The molecule has 1 aliphatic heterocycles. The third-order valence-corrected chi connectivity index (χ3v) is 3.53. The van der Waals surface area contributed by atoms with Gasteiger partial charge >= 0.3 is 11.9 Å². The fraction of sp³-hybridized carbons (Fsp3) is 0.467. The molecule has 102 valence electrons. The number of carboxylic acid groups (broad SMARTS) is 1. The number of carbonyl (C=O) groups is 2. The third kappa shape index (κ3) is 2.48. The van der Waals surface area contributed by atoms with Gasteiger partial charge in [-0.25, -0.2) is 0 Å². The SMILES string of the molecule is CC(C)(C)[C@@H]1C(=O)O[C@@H](c2ccccc2)[C@@H]1C(=O)O. The maximum atomic E-state index is 12.0. The lowest BCUT2D eigenvalue weighted by molar-refractivity contribution is -0.148. The number of esters is 1. The summed E-state index contributed by atoms with van der Waals surface area (Å²) in [6, 6.07) is 9.05. The molecule has 1 aliphatic rings. The highest BCUT2D eigenvalue weighted by atomic mass is 16.6. The topological polar surface area (TPSA) is 63.6 Å². The van der Waals surface area contributed by atoms with Crippen LogP contribution < -0.4 is 0 Å². The molecule has 1 heterocycles. The summed E-state index contributed by atoms with van der Waals surface area (Å²) < 4.78 is 5.34. The average molecular weight is 262 g/mol. The first-order valence-corrected chi connectivity index (χ1v) is 6.30. The van der Waals surface area contributed by atoms with Gasteiger partial charge in [0, 0.05) is 0 Å². The molecule has 1 aromatic rings. The molecule has 0 spiro atoms. The van der Waals surface area contributed by atoms with Crippen LogP contribution in [0.25, 0.3) is 0 Å². The van der Waals surface area contributed by atoms with E-state index in [0.29, 0.717) is 0 Å². The first-order valence-electron chi connectivity index (χ1n) is 6.30. The minimum atomic E-state index is -0.986. The van der Waals surface area contributed by atoms with Gasteiger partial charge in [-0.05, 0) is 11.0 Å². The Morgan fingerprint density at radius 1 is 1.21 bits per heavy atom. The number of carbonyl (C=O) groups excluding carboxylic acids is 1. The quantitative estimate of drug-likeness (QED) is 0.832. The van der Waals surface area contributed by atoms with Gasteiger partial charge in [0.15, 0.2) is 0 Å². The Morgan fingerprint density at radius 2 is 1.79 bits per heavy atom. The molecule has 0 amide bonds. The summed E-state index contributed by atoms with van der Waals surface area (Å²) in [5.41, 5.74) is 0.291. The van der Waals surface area contributed by atoms with E-state index >= 15 is 0 Å². The second kappa shape index (κ2) is 4.68. The van der Waals surface area contributed by atoms with Crippen LogP contribution in [0.1, 0.15) is 32.4 Å². The van der Waals surface area contributed by atoms with Crippen LogP contribution in [-0.4, -0.2) is 17.0 Å². The van der Waals surface area contributed by atoms with Crippen molar-refractivity contribution in [3.63, 3.8) is 0 Å². The Labute approximate surface area is 112 Å². The van der Waals surface area contributed by atoms with Crippen LogP contribution in [0, 0.1) is 17.3 Å². The average Bonchev–Trinajstić information content (AvgIpc) is 2.68. The van der Waals surface area contributed by atoms with E-state index in [2.05, 4.69) is 0 Å². The fourth-order valence-electron chi connectivity index (χ4n) is 2.68. The largest absolute Gasteiger partial charge is 0.481 e. The van der Waals surface area contributed by atoms with Crippen LogP contribution in [-0.2, 0) is 14.3 Å². The first-order chi connectivity index (χ1) is 8.82. The molecule has 0 unspecified atom stereocenters. The van der Waals surface area contributed by atoms with Crippen LogP contribution >= 0.6 is 0 Å². The maximum absolute atomic E-state index is 12.0. The molecule has 0 bridgehead atoms. The molecular weight excluding hydrogens is 244 g/mol. The van der Waals surface area contributed by atoms with Crippen molar-refractivity contribution < 1.29 is 19.4 Å². The molecule has 0 aliphatic carbocycles. The van der Waals surface area contributed by atoms with E-state index in [-0.39, 0.29) is 0 Å². The minimum absolute atomic E-state index is 0.422. The van der Waals surface area contributed by atoms with Crippen LogP contribution in [0.2, 0.25) is 0 Å². The van der Waals surface area contributed by atoms with Crippen molar-refractivity contribution in [1.29, 1.82) is 0 Å². The molecule has 19 heavy (non-hydrogen) atoms. The lowest BCUT2D eigenvalue weighted by Crippen LogP contribution is -2.34. The van der Waals surface area contributed by atoms with Crippen molar-refractivity contribution in [2.24, 2.45) is 17.3 Å². The van der Waals surface area contributed by atoms with Crippen LogP contribution in [0.15, 0.2) is 30.3 Å². The normalized spacial score (nSPS) is 27.1. The van der Waals surface area contributed by atoms with E-state index in [1.807, 2.05) is 39.0 Å². The number of hydrogen-bond acceptors (Lipinski definition) is 3. The Bertz CT molecular complexity index is 487. The van der Waals surface area contributed by atoms with Gasteiger partial charge in [0.1, 0.15) is 12.0 Å². The number of benzene rings is 1. The van der Waals surface area contributed by atoms with Crippen molar-refractivity contribution in [3.8, 4) is 0 Å². The highest BCUT2D eigenvalue weighted by molar-refractivity contribution is 5.85. The number of carboxylic acids is 1. The molecule has 1 N–H and O–H groups in total. The molecule has 1 fully saturated rings. The maximum Gasteiger partial charge on any atom is 0.311 e. The van der Waals surface area contributed by atoms with E-state index in [1.54, 1.807) is 12.1 Å². The second-order valence-corrected chi connectivity index (χ2v) is 5.98. The summed E-state index contributed by atoms with van der Waals surface area (Å²) in [7, 11) is 0. The number of cyclic esters (lactones) is 1. The van der Waals surface area contributed by atoms with Gasteiger partial charge in [0.2, 0.25) is 0 Å².